The van der Waals surface area contributed by atoms with E-state index in [1.807, 2.05) is 24.3 Å². The summed E-state index contributed by atoms with van der Waals surface area (Å²) in [4.78, 5) is 4.13. The number of imidazole rings is 1. The number of nitrogens with zero attached hydrogens (tertiary/aromatic N) is 3. The lowest BCUT2D eigenvalue weighted by Crippen LogP contribution is -2.27. The molecule has 0 bridgehead atoms. The fourth-order valence-electron chi connectivity index (χ4n) is 1.61. The van der Waals surface area contributed by atoms with Crippen LogP contribution in [0.5, 0.6) is 0 Å². The largest absolute Gasteiger partial charge is 0.308 e. The van der Waals surface area contributed by atoms with Crippen molar-refractivity contribution in [1.82, 2.24) is 13.3 Å². The van der Waals surface area contributed by atoms with Gasteiger partial charge in [0.05, 0.1) is 5.69 Å². The molecule has 0 amide bonds. The van der Waals surface area contributed by atoms with Gasteiger partial charge in [-0.25, -0.2) is 8.96 Å². The smallest absolute Gasteiger partial charge is 0.240 e. The Hall–Kier alpha value is -1.18. The summed E-state index contributed by atoms with van der Waals surface area (Å²) in [6.07, 6.45) is 3.45. The average Bonchev–Trinajstić information content (AvgIpc) is 2.78. The molecule has 0 saturated heterocycles. The summed E-state index contributed by atoms with van der Waals surface area (Å²) < 4.78 is 27.1. The van der Waals surface area contributed by atoms with Crippen LogP contribution in [0.1, 0.15) is 11.3 Å². The van der Waals surface area contributed by atoms with Crippen LogP contribution in [-0.2, 0) is 16.6 Å². The Morgan fingerprint density at radius 3 is 2.74 bits per heavy atom. The quantitative estimate of drug-likeness (QED) is 0.851. The second-order valence-electron chi connectivity index (χ2n) is 4.29. The highest BCUT2D eigenvalue weighted by molar-refractivity contribution is 9.10. The third-order valence-electron chi connectivity index (χ3n) is 2.62. The van der Waals surface area contributed by atoms with Crippen molar-refractivity contribution in [2.75, 3.05) is 14.1 Å². The molecule has 1 heterocycles. The van der Waals surface area contributed by atoms with Crippen molar-refractivity contribution in [3.8, 4) is 0 Å². The van der Waals surface area contributed by atoms with E-state index < -0.39 is 10.2 Å². The van der Waals surface area contributed by atoms with Crippen LogP contribution >= 0.6 is 15.9 Å². The molecular formula is C12H14BrN3O2S. The Balaban J connectivity index is 2.23. The summed E-state index contributed by atoms with van der Waals surface area (Å²) in [5, 5.41) is 0. The summed E-state index contributed by atoms with van der Waals surface area (Å²) in [5.74, 6) is 0. The zero-order valence-corrected chi connectivity index (χ0v) is 13.0. The van der Waals surface area contributed by atoms with E-state index in [0.717, 1.165) is 18.3 Å². The lowest BCUT2D eigenvalue weighted by molar-refractivity contribution is 0.510. The van der Waals surface area contributed by atoms with Crippen LogP contribution < -0.4 is 0 Å². The van der Waals surface area contributed by atoms with Crippen molar-refractivity contribution in [2.45, 2.75) is 6.42 Å². The molecule has 0 aliphatic rings. The van der Waals surface area contributed by atoms with Crippen molar-refractivity contribution >= 4 is 26.1 Å². The van der Waals surface area contributed by atoms with Gasteiger partial charge in [0.1, 0.15) is 6.33 Å². The summed E-state index contributed by atoms with van der Waals surface area (Å²) in [6, 6.07) is 7.84. The van der Waals surface area contributed by atoms with Gasteiger partial charge in [-0.2, -0.15) is 12.7 Å². The van der Waals surface area contributed by atoms with Crippen molar-refractivity contribution < 1.29 is 8.42 Å². The van der Waals surface area contributed by atoms with Gasteiger partial charge < -0.3 is 0 Å². The van der Waals surface area contributed by atoms with E-state index in [4.69, 9.17) is 0 Å². The molecule has 0 saturated carbocycles. The van der Waals surface area contributed by atoms with Gasteiger partial charge in [0.15, 0.2) is 0 Å². The average molecular weight is 344 g/mol. The fraction of sp³-hybridized carbons (Fsp3) is 0.250. The van der Waals surface area contributed by atoms with Gasteiger partial charge >= 0.3 is 10.2 Å². The molecule has 102 valence electrons. The lowest BCUT2D eigenvalue weighted by Gasteiger charge is -2.10. The molecule has 0 radical (unpaired) electrons. The molecule has 0 fully saturated rings. The fourth-order valence-corrected chi connectivity index (χ4v) is 2.85. The van der Waals surface area contributed by atoms with Gasteiger partial charge in [0.25, 0.3) is 0 Å². The molecule has 19 heavy (non-hydrogen) atoms. The number of benzene rings is 1. The first-order valence-electron chi connectivity index (χ1n) is 5.60. The van der Waals surface area contributed by atoms with Gasteiger partial charge in [-0.05, 0) is 17.7 Å². The lowest BCUT2D eigenvalue weighted by atomic mass is 10.1. The van der Waals surface area contributed by atoms with Gasteiger partial charge in [-0.1, -0.05) is 28.1 Å². The maximum absolute atomic E-state index is 11.9. The van der Waals surface area contributed by atoms with E-state index in [1.54, 1.807) is 0 Å². The summed E-state index contributed by atoms with van der Waals surface area (Å²) >= 11 is 3.40. The molecule has 7 heteroatoms. The van der Waals surface area contributed by atoms with E-state index in [0.29, 0.717) is 12.1 Å². The van der Waals surface area contributed by atoms with Crippen molar-refractivity contribution in [3.63, 3.8) is 0 Å². The Bertz CT molecular complexity index is 680. The molecule has 0 aliphatic carbocycles. The maximum Gasteiger partial charge on any atom is 0.308 e. The molecular weight excluding hydrogens is 330 g/mol. The first kappa shape index (κ1) is 14.2. The topological polar surface area (TPSA) is 55.2 Å². The molecule has 1 aromatic heterocycles. The minimum Gasteiger partial charge on any atom is -0.240 e. The monoisotopic (exact) mass is 343 g/mol. The van der Waals surface area contributed by atoms with Crippen molar-refractivity contribution in [3.05, 3.63) is 52.5 Å². The molecule has 0 atom stereocenters. The maximum atomic E-state index is 11.9. The van der Waals surface area contributed by atoms with Crippen LogP contribution in [0, 0.1) is 0 Å². The van der Waals surface area contributed by atoms with Crippen LogP contribution in [-0.4, -0.2) is 35.8 Å². The van der Waals surface area contributed by atoms with Crippen molar-refractivity contribution in [2.24, 2.45) is 0 Å². The van der Waals surface area contributed by atoms with Crippen molar-refractivity contribution in [1.29, 1.82) is 0 Å². The minimum absolute atomic E-state index is 0.593. The highest BCUT2D eigenvalue weighted by Crippen LogP contribution is 2.15. The standard InChI is InChI=1S/C12H14BrN3O2S/c1-15(2)19(17,18)16-8-12(14-9-16)7-10-4-3-5-11(13)6-10/h3-6,8-9H,7H2,1-2H3. The SMILES string of the molecule is CN(C)S(=O)(=O)n1cnc(Cc2cccc(Br)c2)c1. The number of hydrogen-bond donors (Lipinski definition) is 0. The molecule has 0 aliphatic heterocycles. The molecule has 0 spiro atoms. The highest BCUT2D eigenvalue weighted by atomic mass is 79.9. The van der Waals surface area contributed by atoms with E-state index in [9.17, 15) is 8.42 Å². The number of hydrogen-bond acceptors (Lipinski definition) is 3. The predicted octanol–water partition coefficient (Wildman–Crippen LogP) is 1.89. The summed E-state index contributed by atoms with van der Waals surface area (Å²) in [6.45, 7) is 0. The Morgan fingerprint density at radius 2 is 2.11 bits per heavy atom. The van der Waals surface area contributed by atoms with Crippen LogP contribution in [0.25, 0.3) is 0 Å². The Labute approximate surface area is 121 Å². The molecule has 2 aromatic rings. The number of rotatable bonds is 4. The second kappa shape index (κ2) is 5.44. The Morgan fingerprint density at radius 1 is 1.37 bits per heavy atom. The molecule has 5 nitrogen and oxygen atoms in total. The van der Waals surface area contributed by atoms with Gasteiger partial charge in [0, 0.05) is 31.2 Å². The van der Waals surface area contributed by atoms with Crippen LogP contribution in [0.3, 0.4) is 0 Å². The molecule has 0 N–H and O–H groups in total. The molecule has 2 rings (SSSR count). The normalized spacial score (nSPS) is 12.0. The van der Waals surface area contributed by atoms with E-state index >= 15 is 0 Å². The first-order valence-corrected chi connectivity index (χ1v) is 7.79. The number of halogens is 1. The van der Waals surface area contributed by atoms with Gasteiger partial charge in [0.2, 0.25) is 0 Å². The summed E-state index contributed by atoms with van der Waals surface area (Å²) in [5.41, 5.74) is 1.78. The third kappa shape index (κ3) is 3.23. The first-order chi connectivity index (χ1) is 8.89. The van der Waals surface area contributed by atoms with Crippen LogP contribution in [0.2, 0.25) is 0 Å². The Kier molecular flexibility index (Phi) is 4.07. The van der Waals surface area contributed by atoms with Crippen LogP contribution in [0.15, 0.2) is 41.3 Å². The van der Waals surface area contributed by atoms with E-state index in [2.05, 4.69) is 20.9 Å². The summed E-state index contributed by atoms with van der Waals surface area (Å²) in [7, 11) is -0.499. The second-order valence-corrected chi connectivity index (χ2v) is 7.26. The molecule has 0 unspecified atom stereocenters. The van der Waals surface area contributed by atoms with Gasteiger partial charge in [-0.3, -0.25) is 0 Å². The zero-order valence-electron chi connectivity index (χ0n) is 10.6. The zero-order chi connectivity index (χ0) is 14.0. The molecule has 1 aromatic carbocycles. The number of aromatic nitrogens is 2. The predicted molar refractivity (Wildman–Crippen MR) is 77.2 cm³/mol. The third-order valence-corrected chi connectivity index (χ3v) is 4.76. The highest BCUT2D eigenvalue weighted by Gasteiger charge is 2.16. The van der Waals surface area contributed by atoms with Crippen LogP contribution in [0.4, 0.5) is 0 Å². The van der Waals surface area contributed by atoms with E-state index in [-0.39, 0.29) is 0 Å². The minimum atomic E-state index is -3.48. The van der Waals surface area contributed by atoms with E-state index in [1.165, 1.54) is 26.6 Å². The van der Waals surface area contributed by atoms with Gasteiger partial charge in [-0.15, -0.1) is 0 Å².